The fourth-order valence-electron chi connectivity index (χ4n) is 1.72. The number of nitrogens with zero attached hydrogens (tertiary/aromatic N) is 1. The van der Waals surface area contributed by atoms with Crippen LogP contribution < -0.4 is 10.1 Å². The van der Waals surface area contributed by atoms with E-state index in [1.165, 1.54) is 12.1 Å². The number of hydrogen-bond donors (Lipinski definition) is 1. The lowest BCUT2D eigenvalue weighted by molar-refractivity contribution is 0.415. The molecule has 0 saturated heterocycles. The molecule has 0 bridgehead atoms. The van der Waals surface area contributed by atoms with Crippen molar-refractivity contribution in [2.45, 2.75) is 6.04 Å². The number of rotatable bonds is 4. The van der Waals surface area contributed by atoms with E-state index in [1.54, 1.807) is 25.3 Å². The average molecular weight is 256 g/mol. The van der Waals surface area contributed by atoms with Crippen molar-refractivity contribution in [2.75, 3.05) is 12.4 Å². The van der Waals surface area contributed by atoms with E-state index in [0.29, 0.717) is 11.3 Å². The van der Waals surface area contributed by atoms with E-state index in [4.69, 9.17) is 4.74 Å². The smallest absolute Gasteiger partial charge is 0.140 e. The molecule has 1 atom stereocenters. The van der Waals surface area contributed by atoms with E-state index >= 15 is 0 Å². The Labute approximate surface area is 111 Å². The van der Waals surface area contributed by atoms with Crippen LogP contribution in [0.3, 0.4) is 0 Å². The maximum absolute atomic E-state index is 12.9. The molecule has 0 aliphatic rings. The van der Waals surface area contributed by atoms with Gasteiger partial charge in [-0.1, -0.05) is 18.2 Å². The number of hydrogen-bond acceptors (Lipinski definition) is 3. The Balaban J connectivity index is 2.19. The van der Waals surface area contributed by atoms with Gasteiger partial charge in [0.2, 0.25) is 0 Å². The van der Waals surface area contributed by atoms with Crippen molar-refractivity contribution < 1.29 is 9.13 Å². The molecule has 4 heteroatoms. The monoisotopic (exact) mass is 256 g/mol. The second-order valence-corrected chi connectivity index (χ2v) is 3.99. The molecule has 2 aromatic carbocycles. The minimum absolute atomic E-state index is 0.318. The molecular weight excluding hydrogens is 243 g/mol. The van der Waals surface area contributed by atoms with Gasteiger partial charge in [0.1, 0.15) is 17.6 Å². The van der Waals surface area contributed by atoms with Gasteiger partial charge >= 0.3 is 0 Å². The molecule has 0 heterocycles. The number of methoxy groups -OCH3 is 1. The van der Waals surface area contributed by atoms with Crippen molar-refractivity contribution >= 4 is 5.69 Å². The average Bonchev–Trinajstić information content (AvgIpc) is 2.46. The largest absolute Gasteiger partial charge is 0.497 e. The van der Waals surface area contributed by atoms with E-state index < -0.39 is 6.04 Å². The Morgan fingerprint density at radius 1 is 1.21 bits per heavy atom. The molecule has 0 aromatic heterocycles. The molecule has 0 fully saturated rings. The van der Waals surface area contributed by atoms with Crippen LogP contribution in [-0.2, 0) is 0 Å². The van der Waals surface area contributed by atoms with Crippen LogP contribution in [0, 0.1) is 17.1 Å². The molecule has 0 saturated carbocycles. The maximum Gasteiger partial charge on any atom is 0.140 e. The van der Waals surface area contributed by atoms with Crippen LogP contribution in [0.25, 0.3) is 0 Å². The van der Waals surface area contributed by atoms with Crippen LogP contribution in [0.2, 0.25) is 0 Å². The van der Waals surface area contributed by atoms with Crippen molar-refractivity contribution in [1.82, 2.24) is 0 Å². The van der Waals surface area contributed by atoms with Gasteiger partial charge < -0.3 is 10.1 Å². The Bertz CT molecular complexity index is 590. The van der Waals surface area contributed by atoms with Gasteiger partial charge in [0.15, 0.2) is 0 Å². The van der Waals surface area contributed by atoms with E-state index in [1.807, 2.05) is 18.2 Å². The fourth-order valence-corrected chi connectivity index (χ4v) is 1.72. The summed E-state index contributed by atoms with van der Waals surface area (Å²) in [5.74, 6) is 0.391. The third-order valence-corrected chi connectivity index (χ3v) is 2.71. The summed E-state index contributed by atoms with van der Waals surface area (Å²) in [4.78, 5) is 0. The number of ether oxygens (including phenoxy) is 1. The molecule has 0 radical (unpaired) electrons. The molecule has 19 heavy (non-hydrogen) atoms. The summed E-state index contributed by atoms with van der Waals surface area (Å²) in [5.41, 5.74) is 1.49. The highest BCUT2D eigenvalue weighted by Gasteiger charge is 2.10. The zero-order valence-corrected chi connectivity index (χ0v) is 10.4. The van der Waals surface area contributed by atoms with Gasteiger partial charge in [-0.3, -0.25) is 0 Å². The van der Waals surface area contributed by atoms with Crippen LogP contribution >= 0.6 is 0 Å². The zero-order valence-electron chi connectivity index (χ0n) is 10.4. The summed E-state index contributed by atoms with van der Waals surface area (Å²) >= 11 is 0. The molecule has 0 aliphatic heterocycles. The Morgan fingerprint density at radius 3 is 2.58 bits per heavy atom. The zero-order chi connectivity index (χ0) is 13.7. The standard InChI is InChI=1S/C15H13FN2O/c1-19-14-4-2-3-13(9-14)18-15(10-17)11-5-7-12(16)8-6-11/h2-9,15,18H,1H3. The Hall–Kier alpha value is -2.54. The number of halogens is 1. The molecule has 1 N–H and O–H groups in total. The lowest BCUT2D eigenvalue weighted by atomic mass is 10.1. The molecule has 96 valence electrons. The van der Waals surface area contributed by atoms with Crippen molar-refractivity contribution in [3.8, 4) is 11.8 Å². The minimum Gasteiger partial charge on any atom is -0.497 e. The quantitative estimate of drug-likeness (QED) is 0.910. The fraction of sp³-hybridized carbons (Fsp3) is 0.133. The van der Waals surface area contributed by atoms with Crippen LogP contribution in [-0.4, -0.2) is 7.11 Å². The van der Waals surface area contributed by atoms with E-state index in [-0.39, 0.29) is 5.82 Å². The predicted octanol–water partition coefficient (Wildman–Crippen LogP) is 3.51. The van der Waals surface area contributed by atoms with Crippen LogP contribution in [0.4, 0.5) is 10.1 Å². The molecule has 1 unspecified atom stereocenters. The first-order valence-electron chi connectivity index (χ1n) is 5.78. The molecule has 2 aromatic rings. The molecule has 2 rings (SSSR count). The minimum atomic E-state index is -0.535. The highest BCUT2D eigenvalue weighted by atomic mass is 19.1. The van der Waals surface area contributed by atoms with Crippen LogP contribution in [0.15, 0.2) is 48.5 Å². The van der Waals surface area contributed by atoms with Crippen molar-refractivity contribution in [3.63, 3.8) is 0 Å². The van der Waals surface area contributed by atoms with E-state index in [0.717, 1.165) is 5.69 Å². The molecule has 3 nitrogen and oxygen atoms in total. The first-order chi connectivity index (χ1) is 9.22. The van der Waals surface area contributed by atoms with Gasteiger partial charge in [-0.05, 0) is 29.8 Å². The Kier molecular flexibility index (Phi) is 3.99. The summed E-state index contributed by atoms with van der Waals surface area (Å²) in [6.45, 7) is 0. The van der Waals surface area contributed by atoms with Crippen LogP contribution in [0.1, 0.15) is 11.6 Å². The summed E-state index contributed by atoms with van der Waals surface area (Å²) in [6, 6.07) is 14.8. The second kappa shape index (κ2) is 5.87. The molecule has 0 spiro atoms. The van der Waals surface area contributed by atoms with E-state index in [9.17, 15) is 9.65 Å². The molecule has 0 amide bonds. The molecule has 0 aliphatic carbocycles. The van der Waals surface area contributed by atoms with Gasteiger partial charge in [0.25, 0.3) is 0 Å². The topological polar surface area (TPSA) is 45.0 Å². The summed E-state index contributed by atoms with van der Waals surface area (Å²) < 4.78 is 18.0. The van der Waals surface area contributed by atoms with Crippen molar-refractivity contribution in [1.29, 1.82) is 5.26 Å². The Morgan fingerprint density at radius 2 is 1.95 bits per heavy atom. The normalized spacial score (nSPS) is 11.4. The first kappa shape index (κ1) is 12.9. The van der Waals surface area contributed by atoms with Gasteiger partial charge in [0.05, 0.1) is 13.2 Å². The van der Waals surface area contributed by atoms with Gasteiger partial charge in [-0.2, -0.15) is 5.26 Å². The van der Waals surface area contributed by atoms with Gasteiger partial charge in [-0.25, -0.2) is 4.39 Å². The highest BCUT2D eigenvalue weighted by Crippen LogP contribution is 2.22. The van der Waals surface area contributed by atoms with E-state index in [2.05, 4.69) is 11.4 Å². The summed E-state index contributed by atoms with van der Waals surface area (Å²) in [5, 5.41) is 12.3. The van der Waals surface area contributed by atoms with Crippen molar-refractivity contribution in [3.05, 3.63) is 59.9 Å². The lowest BCUT2D eigenvalue weighted by Crippen LogP contribution is -2.08. The number of nitriles is 1. The highest BCUT2D eigenvalue weighted by molar-refractivity contribution is 5.51. The van der Waals surface area contributed by atoms with Crippen LogP contribution in [0.5, 0.6) is 5.75 Å². The summed E-state index contributed by atoms with van der Waals surface area (Å²) in [6.07, 6.45) is 0. The SMILES string of the molecule is COc1cccc(NC(C#N)c2ccc(F)cc2)c1. The van der Waals surface area contributed by atoms with Crippen molar-refractivity contribution in [2.24, 2.45) is 0 Å². The third-order valence-electron chi connectivity index (χ3n) is 2.71. The number of nitrogens with one attached hydrogen (secondary N) is 1. The second-order valence-electron chi connectivity index (χ2n) is 3.99. The predicted molar refractivity (Wildman–Crippen MR) is 71.4 cm³/mol. The van der Waals surface area contributed by atoms with Gasteiger partial charge in [0, 0.05) is 11.8 Å². The maximum atomic E-state index is 12.9. The summed E-state index contributed by atoms with van der Waals surface area (Å²) in [7, 11) is 1.58. The third kappa shape index (κ3) is 3.23. The van der Waals surface area contributed by atoms with Gasteiger partial charge in [-0.15, -0.1) is 0 Å². The number of anilines is 1. The first-order valence-corrected chi connectivity index (χ1v) is 5.78. The molecular formula is C15H13FN2O. The number of benzene rings is 2. The lowest BCUT2D eigenvalue weighted by Gasteiger charge is -2.14.